The molecule has 0 radical (unpaired) electrons. The van der Waals surface area contributed by atoms with E-state index in [4.69, 9.17) is 0 Å². The maximum atomic E-state index is 13.9. The fraction of sp³-hybridized carbons (Fsp3) is 0.292. The lowest BCUT2D eigenvalue weighted by molar-refractivity contribution is -0.138. The predicted molar refractivity (Wildman–Crippen MR) is 131 cm³/mol. The highest BCUT2D eigenvalue weighted by molar-refractivity contribution is 7.13. The fourth-order valence-corrected chi connectivity index (χ4v) is 4.23. The molecule has 0 bridgehead atoms. The molecule has 12 heteroatoms. The van der Waals surface area contributed by atoms with E-state index in [1.165, 1.54) is 41.9 Å². The molecular formula is C24H24F3N7OS. The first-order valence-electron chi connectivity index (χ1n) is 10.9. The summed E-state index contributed by atoms with van der Waals surface area (Å²) in [5.74, 6) is -0.244. The number of amides is 1. The van der Waals surface area contributed by atoms with Gasteiger partial charge in [-0.05, 0) is 17.7 Å². The molecule has 2 N–H and O–H groups in total. The third-order valence-electron chi connectivity index (χ3n) is 5.14. The molecule has 0 saturated carbocycles. The van der Waals surface area contributed by atoms with Gasteiger partial charge in [-0.15, -0.1) is 11.3 Å². The van der Waals surface area contributed by atoms with Crippen LogP contribution in [0.4, 0.5) is 24.8 Å². The molecule has 0 atom stereocenters. The number of alkyl halides is 3. The molecule has 0 saturated heterocycles. The van der Waals surface area contributed by atoms with Crippen molar-refractivity contribution in [2.45, 2.75) is 38.9 Å². The number of hydrogen-bond donors (Lipinski definition) is 2. The number of rotatable bonds is 6. The van der Waals surface area contributed by atoms with E-state index in [-0.39, 0.29) is 29.0 Å². The Morgan fingerprint density at radius 1 is 1.11 bits per heavy atom. The van der Waals surface area contributed by atoms with Crippen LogP contribution in [0.25, 0.3) is 11.3 Å². The van der Waals surface area contributed by atoms with Crippen LogP contribution < -0.4 is 10.6 Å². The van der Waals surface area contributed by atoms with E-state index in [1.54, 1.807) is 24.1 Å². The van der Waals surface area contributed by atoms with Crippen molar-refractivity contribution in [1.82, 2.24) is 30.0 Å². The molecule has 0 aliphatic carbocycles. The zero-order valence-corrected chi connectivity index (χ0v) is 20.8. The first kappa shape index (κ1) is 25.3. The summed E-state index contributed by atoms with van der Waals surface area (Å²) in [5, 5.41) is 10.4. The molecule has 36 heavy (non-hydrogen) atoms. The van der Waals surface area contributed by atoms with E-state index in [0.717, 1.165) is 11.1 Å². The minimum absolute atomic E-state index is 0.0528. The minimum atomic E-state index is -4.62. The first-order chi connectivity index (χ1) is 16.9. The molecule has 4 aromatic rings. The Morgan fingerprint density at radius 3 is 2.53 bits per heavy atom. The molecule has 4 rings (SSSR count). The van der Waals surface area contributed by atoms with E-state index in [9.17, 15) is 18.0 Å². The first-order valence-corrected chi connectivity index (χ1v) is 11.8. The monoisotopic (exact) mass is 515 g/mol. The molecule has 3 heterocycles. The Kier molecular flexibility index (Phi) is 6.81. The molecule has 0 unspecified atom stereocenters. The van der Waals surface area contributed by atoms with Gasteiger partial charge in [0, 0.05) is 37.0 Å². The number of benzene rings is 1. The molecule has 1 amide bonds. The molecule has 0 spiro atoms. The summed E-state index contributed by atoms with van der Waals surface area (Å²) in [6.45, 7) is 5.63. The van der Waals surface area contributed by atoms with Crippen LogP contribution in [0.2, 0.25) is 0 Å². The van der Waals surface area contributed by atoms with Gasteiger partial charge in [0.15, 0.2) is 0 Å². The number of nitrogens with one attached hydrogen (secondary N) is 2. The quantitative estimate of drug-likeness (QED) is 0.361. The van der Waals surface area contributed by atoms with Crippen molar-refractivity contribution in [3.05, 3.63) is 70.1 Å². The summed E-state index contributed by atoms with van der Waals surface area (Å²) in [5.41, 5.74) is 0.107. The van der Waals surface area contributed by atoms with Crippen LogP contribution in [0.1, 0.15) is 46.6 Å². The van der Waals surface area contributed by atoms with Crippen molar-refractivity contribution in [1.29, 1.82) is 0 Å². The highest BCUT2D eigenvalue weighted by atomic mass is 32.1. The standard InChI is InChI=1S/C24H24F3N7OS/c1-23(2,3)21-30-12-19(36-21)20(35)29-10-15-6-5-14(9-17(15)24(25,26)27)18-7-8-28-22(33-18)32-16-11-31-34(4)13-16/h5-9,11-13H,10H2,1-4H3,(H,29,35)(H,28,32,33). The zero-order chi connectivity index (χ0) is 26.1. The summed E-state index contributed by atoms with van der Waals surface area (Å²) >= 11 is 1.22. The highest BCUT2D eigenvalue weighted by Gasteiger charge is 2.34. The smallest absolute Gasteiger partial charge is 0.347 e. The number of carbonyl (C=O) groups is 1. The lowest BCUT2D eigenvalue weighted by Gasteiger charge is -2.15. The van der Waals surface area contributed by atoms with E-state index in [1.807, 2.05) is 20.8 Å². The Balaban J connectivity index is 1.55. The number of aromatic nitrogens is 5. The van der Waals surface area contributed by atoms with E-state index in [0.29, 0.717) is 16.3 Å². The van der Waals surface area contributed by atoms with Gasteiger partial charge in [0.1, 0.15) is 4.88 Å². The Hall–Kier alpha value is -3.80. The van der Waals surface area contributed by atoms with Gasteiger partial charge in [-0.3, -0.25) is 9.48 Å². The van der Waals surface area contributed by atoms with Crippen molar-refractivity contribution in [2.24, 2.45) is 7.05 Å². The Morgan fingerprint density at radius 2 is 1.89 bits per heavy atom. The summed E-state index contributed by atoms with van der Waals surface area (Å²) in [4.78, 5) is 25.6. The van der Waals surface area contributed by atoms with Crippen LogP contribution in [-0.2, 0) is 25.2 Å². The average molecular weight is 516 g/mol. The predicted octanol–water partition coefficient (Wildman–Crippen LogP) is 5.32. The molecule has 1 aromatic carbocycles. The molecular weight excluding hydrogens is 491 g/mol. The van der Waals surface area contributed by atoms with Crippen LogP contribution in [0.3, 0.4) is 0 Å². The van der Waals surface area contributed by atoms with Gasteiger partial charge in [-0.25, -0.2) is 15.0 Å². The molecule has 0 aliphatic rings. The third kappa shape index (κ3) is 5.88. The Labute approximate surface area is 209 Å². The third-order valence-corrected chi connectivity index (χ3v) is 6.56. The number of carbonyl (C=O) groups excluding carboxylic acids is 1. The van der Waals surface area contributed by atoms with Crippen LogP contribution in [0.15, 0.2) is 49.1 Å². The van der Waals surface area contributed by atoms with Crippen LogP contribution >= 0.6 is 11.3 Å². The lowest BCUT2D eigenvalue weighted by Crippen LogP contribution is -2.24. The van der Waals surface area contributed by atoms with Gasteiger partial charge < -0.3 is 10.6 Å². The van der Waals surface area contributed by atoms with E-state index >= 15 is 0 Å². The number of hydrogen-bond acceptors (Lipinski definition) is 7. The largest absolute Gasteiger partial charge is 0.416 e. The second kappa shape index (κ2) is 9.69. The molecule has 188 valence electrons. The van der Waals surface area contributed by atoms with Gasteiger partial charge in [-0.2, -0.15) is 18.3 Å². The van der Waals surface area contributed by atoms with Crippen molar-refractivity contribution in [3.63, 3.8) is 0 Å². The van der Waals surface area contributed by atoms with E-state index in [2.05, 4.69) is 30.7 Å². The second-order valence-electron chi connectivity index (χ2n) is 9.13. The van der Waals surface area contributed by atoms with Gasteiger partial charge in [0.05, 0.1) is 34.3 Å². The molecule has 0 fully saturated rings. The zero-order valence-electron chi connectivity index (χ0n) is 20.0. The summed E-state index contributed by atoms with van der Waals surface area (Å²) < 4.78 is 43.4. The Bertz CT molecular complexity index is 1390. The van der Waals surface area contributed by atoms with Gasteiger partial charge in [0.25, 0.3) is 5.91 Å². The van der Waals surface area contributed by atoms with Crippen molar-refractivity contribution in [3.8, 4) is 11.3 Å². The summed E-state index contributed by atoms with van der Waals surface area (Å²) in [7, 11) is 1.76. The van der Waals surface area contributed by atoms with Crippen molar-refractivity contribution < 1.29 is 18.0 Å². The topological polar surface area (TPSA) is 97.6 Å². The number of nitrogens with zero attached hydrogens (tertiary/aromatic N) is 5. The van der Waals surface area contributed by atoms with E-state index < -0.39 is 17.6 Å². The molecule has 3 aromatic heterocycles. The fourth-order valence-electron chi connectivity index (χ4n) is 3.34. The van der Waals surface area contributed by atoms with Crippen LogP contribution in [0.5, 0.6) is 0 Å². The SMILES string of the molecule is Cn1cc(Nc2nccc(-c3ccc(CNC(=O)c4cnc(C(C)(C)C)s4)c(C(F)(F)F)c3)n2)cn1. The van der Waals surface area contributed by atoms with Crippen molar-refractivity contribution in [2.75, 3.05) is 5.32 Å². The number of thiazole rings is 1. The number of aryl methyl sites for hydroxylation is 1. The number of halogens is 3. The molecule has 0 aliphatic heterocycles. The summed E-state index contributed by atoms with van der Waals surface area (Å²) in [6, 6.07) is 5.45. The van der Waals surface area contributed by atoms with Crippen LogP contribution in [-0.4, -0.2) is 30.6 Å². The van der Waals surface area contributed by atoms with Gasteiger partial charge >= 0.3 is 6.18 Å². The second-order valence-corrected chi connectivity index (χ2v) is 10.2. The normalized spacial score (nSPS) is 12.0. The maximum Gasteiger partial charge on any atom is 0.416 e. The van der Waals surface area contributed by atoms with Crippen LogP contribution in [0, 0.1) is 0 Å². The van der Waals surface area contributed by atoms with Gasteiger partial charge in [0.2, 0.25) is 5.95 Å². The van der Waals surface area contributed by atoms with Gasteiger partial charge in [-0.1, -0.05) is 32.9 Å². The molecule has 8 nitrogen and oxygen atoms in total. The van der Waals surface area contributed by atoms with Crippen molar-refractivity contribution >= 4 is 28.9 Å². The summed E-state index contributed by atoms with van der Waals surface area (Å²) in [6.07, 6.45) is 1.59. The minimum Gasteiger partial charge on any atom is -0.347 e. The average Bonchev–Trinajstić information content (AvgIpc) is 3.46. The number of anilines is 2. The highest BCUT2D eigenvalue weighted by Crippen LogP contribution is 2.35. The maximum absolute atomic E-state index is 13.9. The lowest BCUT2D eigenvalue weighted by atomic mass is 9.98.